The van der Waals surface area contributed by atoms with E-state index in [1.54, 1.807) is 12.1 Å². The number of carbonyl (C=O) groups is 2. The first-order valence-corrected chi connectivity index (χ1v) is 11.1. The van der Waals surface area contributed by atoms with E-state index in [4.69, 9.17) is 4.74 Å². The smallest absolute Gasteiger partial charge is 0.338 e. The molecule has 5 nitrogen and oxygen atoms in total. The van der Waals surface area contributed by atoms with Crippen molar-refractivity contribution in [3.8, 4) is 0 Å². The van der Waals surface area contributed by atoms with Crippen LogP contribution in [0.5, 0.6) is 0 Å². The van der Waals surface area contributed by atoms with Crippen molar-refractivity contribution in [2.45, 2.75) is 31.9 Å². The number of nitrogens with one attached hydrogen (secondary N) is 2. The molecule has 162 valence electrons. The highest BCUT2D eigenvalue weighted by Gasteiger charge is 2.44. The summed E-state index contributed by atoms with van der Waals surface area (Å²) in [5.74, 6) is -0.0990. The molecule has 1 amide bonds. The predicted molar refractivity (Wildman–Crippen MR) is 123 cm³/mol. The molecule has 3 aromatic carbocycles. The summed E-state index contributed by atoms with van der Waals surface area (Å²) in [5, 5.41) is 6.44. The standard InChI is InChI=1S/C27H26N2O3/c30-26(29-23-11-10-22-16-28-13-12-21(22)14-23)25-15-24(25)19-6-8-20(9-7-19)27(31)32-17-18-4-2-1-3-5-18/h1-11,14,24-25,28H,12-13,15-17H2,(H,29,30). The van der Waals surface area contributed by atoms with Gasteiger partial charge in [0.1, 0.15) is 6.61 Å². The van der Waals surface area contributed by atoms with Gasteiger partial charge in [-0.1, -0.05) is 48.5 Å². The SMILES string of the molecule is O=C(OCc1ccccc1)c1ccc(C2CC2C(=O)Nc2ccc3c(c2)CCNC3)cc1. The molecule has 5 heteroatoms. The van der Waals surface area contributed by atoms with Crippen molar-refractivity contribution in [3.05, 3.63) is 101 Å². The fraction of sp³-hybridized carbons (Fsp3) is 0.259. The summed E-state index contributed by atoms with van der Waals surface area (Å²) >= 11 is 0. The number of ether oxygens (including phenoxy) is 1. The van der Waals surface area contributed by atoms with Crippen LogP contribution in [0.2, 0.25) is 0 Å². The van der Waals surface area contributed by atoms with Crippen molar-refractivity contribution in [1.82, 2.24) is 5.32 Å². The van der Waals surface area contributed by atoms with E-state index in [0.29, 0.717) is 5.56 Å². The molecule has 1 fully saturated rings. The first-order valence-electron chi connectivity index (χ1n) is 11.1. The molecule has 3 aromatic rings. The van der Waals surface area contributed by atoms with Gasteiger partial charge < -0.3 is 15.4 Å². The minimum Gasteiger partial charge on any atom is -0.457 e. The zero-order valence-corrected chi connectivity index (χ0v) is 17.8. The Labute approximate surface area is 187 Å². The van der Waals surface area contributed by atoms with E-state index < -0.39 is 0 Å². The average molecular weight is 427 g/mol. The van der Waals surface area contributed by atoms with Crippen molar-refractivity contribution >= 4 is 17.6 Å². The normalized spacial score (nSPS) is 19.0. The summed E-state index contributed by atoms with van der Waals surface area (Å²) in [6, 6.07) is 23.2. The molecule has 2 aliphatic rings. The summed E-state index contributed by atoms with van der Waals surface area (Å²) in [4.78, 5) is 25.0. The third kappa shape index (κ3) is 4.58. The second-order valence-corrected chi connectivity index (χ2v) is 8.53. The van der Waals surface area contributed by atoms with E-state index in [0.717, 1.165) is 42.7 Å². The van der Waals surface area contributed by atoms with E-state index in [2.05, 4.69) is 22.8 Å². The van der Waals surface area contributed by atoms with Crippen LogP contribution in [0, 0.1) is 5.92 Å². The quantitative estimate of drug-likeness (QED) is 0.572. The lowest BCUT2D eigenvalue weighted by Crippen LogP contribution is -2.24. The molecule has 32 heavy (non-hydrogen) atoms. The highest BCUT2D eigenvalue weighted by molar-refractivity contribution is 5.95. The predicted octanol–water partition coefficient (Wildman–Crippen LogP) is 4.43. The number of hydrogen-bond acceptors (Lipinski definition) is 4. The lowest BCUT2D eigenvalue weighted by atomic mass is 10.0. The fourth-order valence-corrected chi connectivity index (χ4v) is 4.32. The van der Waals surface area contributed by atoms with Gasteiger partial charge in [-0.3, -0.25) is 4.79 Å². The Kier molecular flexibility index (Phi) is 5.73. The molecule has 2 atom stereocenters. The van der Waals surface area contributed by atoms with E-state index >= 15 is 0 Å². The Morgan fingerprint density at radius 3 is 2.59 bits per heavy atom. The number of anilines is 1. The molecule has 1 aliphatic heterocycles. The minimum atomic E-state index is -0.340. The largest absolute Gasteiger partial charge is 0.457 e. The molecule has 0 aromatic heterocycles. The molecule has 0 spiro atoms. The van der Waals surface area contributed by atoms with Crippen LogP contribution in [0.3, 0.4) is 0 Å². The number of amides is 1. The number of carbonyl (C=O) groups excluding carboxylic acids is 2. The molecule has 0 radical (unpaired) electrons. The average Bonchev–Trinajstić information content (AvgIpc) is 3.64. The Hall–Kier alpha value is -3.44. The lowest BCUT2D eigenvalue weighted by molar-refractivity contribution is -0.117. The lowest BCUT2D eigenvalue weighted by Gasteiger charge is -2.18. The first-order chi connectivity index (χ1) is 15.7. The maximum atomic E-state index is 12.7. The summed E-state index contributed by atoms with van der Waals surface area (Å²) < 4.78 is 5.39. The van der Waals surface area contributed by atoms with Crippen LogP contribution in [-0.2, 0) is 29.1 Å². The van der Waals surface area contributed by atoms with E-state index in [-0.39, 0.29) is 30.3 Å². The van der Waals surface area contributed by atoms with Crippen molar-refractivity contribution in [1.29, 1.82) is 0 Å². The Morgan fingerprint density at radius 1 is 0.969 bits per heavy atom. The number of rotatable bonds is 6. The van der Waals surface area contributed by atoms with Crippen LogP contribution in [0.4, 0.5) is 5.69 Å². The van der Waals surface area contributed by atoms with Crippen LogP contribution >= 0.6 is 0 Å². The molecule has 1 saturated carbocycles. The summed E-state index contributed by atoms with van der Waals surface area (Å²) in [7, 11) is 0. The van der Waals surface area contributed by atoms with Gasteiger partial charge in [-0.05, 0) is 71.8 Å². The highest BCUT2D eigenvalue weighted by Crippen LogP contribution is 2.48. The summed E-state index contributed by atoms with van der Waals surface area (Å²) in [5.41, 5.74) is 6.05. The van der Waals surface area contributed by atoms with Crippen molar-refractivity contribution in [2.75, 3.05) is 11.9 Å². The summed E-state index contributed by atoms with van der Waals surface area (Å²) in [6.07, 6.45) is 1.82. The Balaban J connectivity index is 1.15. The van der Waals surface area contributed by atoms with Gasteiger partial charge in [0.15, 0.2) is 0 Å². The Bertz CT molecular complexity index is 1130. The molecule has 0 saturated heterocycles. The maximum absolute atomic E-state index is 12.7. The third-order valence-corrected chi connectivity index (χ3v) is 6.27. The first kappa shape index (κ1) is 20.5. The van der Waals surface area contributed by atoms with E-state index in [1.807, 2.05) is 48.5 Å². The van der Waals surface area contributed by atoms with Crippen LogP contribution in [0.15, 0.2) is 72.8 Å². The van der Waals surface area contributed by atoms with Crippen molar-refractivity contribution in [2.24, 2.45) is 5.92 Å². The fourth-order valence-electron chi connectivity index (χ4n) is 4.32. The number of esters is 1. The van der Waals surface area contributed by atoms with Crippen molar-refractivity contribution in [3.63, 3.8) is 0 Å². The van der Waals surface area contributed by atoms with Crippen molar-refractivity contribution < 1.29 is 14.3 Å². The van der Waals surface area contributed by atoms with Gasteiger partial charge in [0.05, 0.1) is 5.56 Å². The maximum Gasteiger partial charge on any atom is 0.338 e. The second-order valence-electron chi connectivity index (χ2n) is 8.53. The molecular formula is C27H26N2O3. The van der Waals surface area contributed by atoms with Gasteiger partial charge >= 0.3 is 5.97 Å². The van der Waals surface area contributed by atoms with Crippen LogP contribution in [-0.4, -0.2) is 18.4 Å². The van der Waals surface area contributed by atoms with Gasteiger partial charge in [-0.2, -0.15) is 0 Å². The van der Waals surface area contributed by atoms with Gasteiger partial charge in [-0.25, -0.2) is 4.79 Å². The van der Waals surface area contributed by atoms with Gasteiger partial charge in [-0.15, -0.1) is 0 Å². The topological polar surface area (TPSA) is 67.4 Å². The monoisotopic (exact) mass is 426 g/mol. The zero-order chi connectivity index (χ0) is 21.9. The molecule has 1 aliphatic carbocycles. The van der Waals surface area contributed by atoms with Gasteiger partial charge in [0.2, 0.25) is 5.91 Å². The number of hydrogen-bond donors (Lipinski definition) is 2. The third-order valence-electron chi connectivity index (χ3n) is 6.27. The molecule has 5 rings (SSSR count). The molecular weight excluding hydrogens is 400 g/mol. The van der Waals surface area contributed by atoms with E-state index in [1.165, 1.54) is 11.1 Å². The highest BCUT2D eigenvalue weighted by atomic mass is 16.5. The van der Waals surface area contributed by atoms with Crippen LogP contribution < -0.4 is 10.6 Å². The van der Waals surface area contributed by atoms with Crippen LogP contribution in [0.25, 0.3) is 0 Å². The van der Waals surface area contributed by atoms with Gasteiger partial charge in [0, 0.05) is 18.2 Å². The van der Waals surface area contributed by atoms with E-state index in [9.17, 15) is 9.59 Å². The van der Waals surface area contributed by atoms with Crippen LogP contribution in [0.1, 0.15) is 45.0 Å². The molecule has 2 unspecified atom stereocenters. The number of fused-ring (bicyclic) bond motifs is 1. The molecule has 0 bridgehead atoms. The summed E-state index contributed by atoms with van der Waals surface area (Å²) in [6.45, 7) is 2.13. The molecule has 2 N–H and O–H groups in total. The number of benzene rings is 3. The molecule has 1 heterocycles. The van der Waals surface area contributed by atoms with Gasteiger partial charge in [0.25, 0.3) is 0 Å². The minimum absolute atomic E-state index is 0.0245. The Morgan fingerprint density at radius 2 is 1.78 bits per heavy atom. The second kappa shape index (κ2) is 8.97. The zero-order valence-electron chi connectivity index (χ0n) is 17.8.